The van der Waals surface area contributed by atoms with Crippen LogP contribution in [-0.2, 0) is 18.3 Å². The fourth-order valence-corrected chi connectivity index (χ4v) is 0. The topological polar surface area (TPSA) is 201 Å². The Morgan fingerprint density at radius 3 is 0.632 bits per heavy atom. The van der Waals surface area contributed by atoms with Gasteiger partial charge < -0.3 is 31.0 Å². The molecule has 0 fully saturated rings. The van der Waals surface area contributed by atoms with Crippen molar-refractivity contribution in [3.05, 3.63) is 0 Å². The van der Waals surface area contributed by atoms with Crippen LogP contribution < -0.4 is 11.5 Å². The molecule has 0 saturated heterocycles. The lowest BCUT2D eigenvalue weighted by Crippen LogP contribution is -2.08. The predicted octanol–water partition coefficient (Wildman–Crippen LogP) is -0.526. The molecule has 0 spiro atoms. The Morgan fingerprint density at radius 2 is 0.632 bits per heavy atom. The molecule has 0 radical (unpaired) electrons. The summed E-state index contributed by atoms with van der Waals surface area (Å²) in [6, 6.07) is 0. The first kappa shape index (κ1) is 31.2. The van der Waals surface area contributed by atoms with E-state index in [1.165, 1.54) is 0 Å². The molecule has 19 heavy (non-hydrogen) atoms. The first-order valence-corrected chi connectivity index (χ1v) is 9.20. The molecular formula is C5H18N2O8P4. The van der Waals surface area contributed by atoms with Gasteiger partial charge in [0.25, 0.3) is 0 Å². The quantitative estimate of drug-likeness (QED) is 0.241. The average Bonchev–Trinajstić information content (AvgIpc) is 1.97. The van der Waals surface area contributed by atoms with Gasteiger partial charge in [-0.15, -0.1) is 0 Å². The minimum Gasteiger partial charge on any atom is -0.319 e. The largest absolute Gasteiger partial charge is 0.319 e. The third-order valence-electron chi connectivity index (χ3n) is 0. The summed E-state index contributed by atoms with van der Waals surface area (Å²) in [6.07, 6.45) is 10.8. The maximum atomic E-state index is 9.04. The van der Waals surface area contributed by atoms with E-state index in [9.17, 15) is 0 Å². The van der Waals surface area contributed by atoms with Gasteiger partial charge in [-0.1, -0.05) is 0 Å². The molecule has 116 valence electrons. The minimum atomic E-state index is -2.12. The zero-order valence-electron chi connectivity index (χ0n) is 9.90. The molecule has 10 nitrogen and oxygen atoms in total. The standard InChI is InChI=1S/CH6N2.4CH3O2P/c2-1-3;4*1-4(2)3/h1-3H2;4*1H2,(H,2,3). The van der Waals surface area contributed by atoms with Gasteiger partial charge in [0.15, 0.2) is 0 Å². The molecule has 4 atom stereocenters. The summed E-state index contributed by atoms with van der Waals surface area (Å²) >= 11 is 0. The van der Waals surface area contributed by atoms with Crippen molar-refractivity contribution in [1.29, 1.82) is 0 Å². The first-order valence-electron chi connectivity index (χ1n) is 3.61. The van der Waals surface area contributed by atoms with Crippen molar-refractivity contribution < 1.29 is 37.8 Å². The summed E-state index contributed by atoms with van der Waals surface area (Å²) in [6.45, 7) is 0.250. The van der Waals surface area contributed by atoms with E-state index in [2.05, 4.69) is 36.7 Å². The fraction of sp³-hybridized carbons (Fsp3) is 0.200. The molecule has 0 heterocycles. The van der Waals surface area contributed by atoms with Crippen LogP contribution in [0.15, 0.2) is 0 Å². The van der Waals surface area contributed by atoms with Crippen LogP contribution in [0.4, 0.5) is 0 Å². The molecule has 0 bridgehead atoms. The second-order valence-electron chi connectivity index (χ2n) is 1.64. The second-order valence-corrected chi connectivity index (χ2v) is 4.46. The van der Waals surface area contributed by atoms with Crippen molar-refractivity contribution in [2.45, 2.75) is 0 Å². The molecule has 0 rings (SSSR count). The lowest BCUT2D eigenvalue weighted by Gasteiger charge is -1.56. The van der Waals surface area contributed by atoms with E-state index in [1.54, 1.807) is 0 Å². The van der Waals surface area contributed by atoms with Crippen LogP contribution in [0.25, 0.3) is 0 Å². The van der Waals surface area contributed by atoms with E-state index in [1.807, 2.05) is 0 Å². The van der Waals surface area contributed by atoms with Crippen molar-refractivity contribution in [2.24, 2.45) is 11.5 Å². The van der Waals surface area contributed by atoms with Crippen LogP contribution in [0.5, 0.6) is 0 Å². The Morgan fingerprint density at radius 1 is 0.632 bits per heavy atom. The van der Waals surface area contributed by atoms with Crippen molar-refractivity contribution in [2.75, 3.05) is 6.67 Å². The maximum Gasteiger partial charge on any atom is 0.228 e. The molecule has 0 aliphatic rings. The SMILES string of the molecule is C=P(=O)O.C=P(=O)O.C=P(=O)O.C=P(=O)O.NCN. The van der Waals surface area contributed by atoms with Gasteiger partial charge in [-0.25, -0.2) is 0 Å². The summed E-state index contributed by atoms with van der Waals surface area (Å²) in [7, 11) is -8.48. The van der Waals surface area contributed by atoms with Gasteiger partial charge in [-0.2, -0.15) is 0 Å². The molecular weight excluding hydrogens is 340 g/mol. The van der Waals surface area contributed by atoms with Crippen LogP contribution in [-0.4, -0.2) is 51.4 Å². The van der Waals surface area contributed by atoms with E-state index >= 15 is 0 Å². The summed E-state index contributed by atoms with van der Waals surface area (Å²) in [5.74, 6) is 0. The molecule has 0 amide bonds. The number of rotatable bonds is 0. The van der Waals surface area contributed by atoms with Crippen LogP contribution in [0.1, 0.15) is 0 Å². The maximum absolute atomic E-state index is 9.04. The highest BCUT2D eigenvalue weighted by Gasteiger charge is 1.45. The van der Waals surface area contributed by atoms with Crippen molar-refractivity contribution in [3.8, 4) is 0 Å². The second kappa shape index (κ2) is 30.6. The van der Waals surface area contributed by atoms with Gasteiger partial charge in [0.1, 0.15) is 0 Å². The highest BCUT2D eigenvalue weighted by molar-refractivity contribution is 7.37. The normalized spacial score (nSPS) is 10.0. The molecule has 0 aliphatic carbocycles. The lowest BCUT2D eigenvalue weighted by molar-refractivity contribution is 0.519. The predicted molar refractivity (Wildman–Crippen MR) is 81.0 cm³/mol. The van der Waals surface area contributed by atoms with Crippen molar-refractivity contribution in [1.82, 2.24) is 0 Å². The fourth-order valence-electron chi connectivity index (χ4n) is 0. The molecule has 0 aromatic carbocycles. The summed E-state index contributed by atoms with van der Waals surface area (Å²) in [5.41, 5.74) is 9.25. The molecule has 0 aromatic rings. The zero-order chi connectivity index (χ0) is 17.0. The average molecular weight is 358 g/mol. The number of hydrogen-bond donors (Lipinski definition) is 6. The van der Waals surface area contributed by atoms with Crippen LogP contribution in [0, 0.1) is 0 Å². The monoisotopic (exact) mass is 358 g/mol. The molecule has 14 heteroatoms. The third kappa shape index (κ3) is 33300. The Labute approximate surface area is 112 Å². The first-order chi connectivity index (χ1) is 8.34. The minimum absolute atomic E-state index is 0.250. The Kier molecular flexibility index (Phi) is 50.2. The van der Waals surface area contributed by atoms with E-state index in [4.69, 9.17) is 37.8 Å². The van der Waals surface area contributed by atoms with Gasteiger partial charge in [0.05, 0.1) is 0 Å². The summed E-state index contributed by atoms with van der Waals surface area (Å²) < 4.78 is 36.1. The molecule has 4 unspecified atom stereocenters. The van der Waals surface area contributed by atoms with Gasteiger partial charge in [0.2, 0.25) is 30.6 Å². The molecule has 8 N–H and O–H groups in total. The summed E-state index contributed by atoms with van der Waals surface area (Å²) in [4.78, 5) is 29.8. The highest BCUT2D eigenvalue weighted by Crippen LogP contribution is 1.84. The lowest BCUT2D eigenvalue weighted by atomic mass is 11.3. The van der Waals surface area contributed by atoms with Gasteiger partial charge in [0, 0.05) is 6.67 Å². The highest BCUT2D eigenvalue weighted by atomic mass is 31.1. The summed E-state index contributed by atoms with van der Waals surface area (Å²) in [5, 5.41) is 0. The van der Waals surface area contributed by atoms with Gasteiger partial charge in [-0.05, 0) is 25.2 Å². The Hall–Kier alpha value is -0.360. The van der Waals surface area contributed by atoms with Crippen LogP contribution in [0.2, 0.25) is 0 Å². The smallest absolute Gasteiger partial charge is 0.228 e. The van der Waals surface area contributed by atoms with Crippen molar-refractivity contribution >= 4 is 55.8 Å². The Balaban J connectivity index is -0.0000000432. The van der Waals surface area contributed by atoms with Gasteiger partial charge >= 0.3 is 0 Å². The Bertz CT molecular complexity index is 322. The molecule has 0 saturated carbocycles. The van der Waals surface area contributed by atoms with E-state index in [-0.39, 0.29) is 6.67 Å². The third-order valence-corrected chi connectivity index (χ3v) is 0. The van der Waals surface area contributed by atoms with E-state index < -0.39 is 30.6 Å². The zero-order valence-corrected chi connectivity index (χ0v) is 13.5. The van der Waals surface area contributed by atoms with E-state index in [0.29, 0.717) is 0 Å². The molecule has 0 aromatic heterocycles. The van der Waals surface area contributed by atoms with Crippen LogP contribution in [0.3, 0.4) is 0 Å². The van der Waals surface area contributed by atoms with E-state index in [0.717, 1.165) is 0 Å². The van der Waals surface area contributed by atoms with Gasteiger partial charge in [-0.3, -0.25) is 18.3 Å². The van der Waals surface area contributed by atoms with Crippen molar-refractivity contribution in [3.63, 3.8) is 0 Å². The number of nitrogens with two attached hydrogens (primary N) is 2. The van der Waals surface area contributed by atoms with Crippen LogP contribution >= 0.6 is 30.6 Å². The molecule has 0 aliphatic heterocycles. The number of hydrogen-bond acceptors (Lipinski definition) is 6.